The second kappa shape index (κ2) is 9.39. The molecule has 6 nitrogen and oxygen atoms in total. The summed E-state index contributed by atoms with van der Waals surface area (Å²) >= 11 is 7.97. The minimum atomic E-state index is -0.843. The number of aryl methyl sites for hydroxylation is 1. The fourth-order valence-electron chi connectivity index (χ4n) is 4.76. The quantitative estimate of drug-likeness (QED) is 0.287. The Labute approximate surface area is 223 Å². The first-order valence-corrected chi connectivity index (χ1v) is 13.5. The van der Waals surface area contributed by atoms with Crippen molar-refractivity contribution in [2.24, 2.45) is 5.92 Å². The number of halogens is 1. The largest absolute Gasteiger partial charge is 0.325 e. The average Bonchev–Trinajstić information content (AvgIpc) is 3.59. The van der Waals surface area contributed by atoms with Crippen LogP contribution in [0, 0.1) is 12.8 Å². The molecule has 1 saturated heterocycles. The van der Waals surface area contributed by atoms with Gasteiger partial charge in [-0.3, -0.25) is 14.4 Å². The maximum Gasteiger partial charge on any atom is 0.257 e. The van der Waals surface area contributed by atoms with E-state index in [1.807, 2.05) is 42.5 Å². The number of imide groups is 1. The first-order valence-electron chi connectivity index (χ1n) is 12.3. The van der Waals surface area contributed by atoms with Crippen molar-refractivity contribution in [1.82, 2.24) is 9.88 Å². The van der Waals surface area contributed by atoms with E-state index >= 15 is 0 Å². The van der Waals surface area contributed by atoms with E-state index < -0.39 is 6.04 Å². The molecule has 1 saturated carbocycles. The van der Waals surface area contributed by atoms with Crippen molar-refractivity contribution in [1.29, 1.82) is 0 Å². The summed E-state index contributed by atoms with van der Waals surface area (Å²) in [5.74, 6) is -0.870. The SMILES string of the molecule is Cc1ccc2nc(-c3ccc(N4C(=O)CC(N(Cc5ccccc5Cl)C(=O)C5CC5)C4=O)cc3)sc2c1. The number of carbonyl (C=O) groups excluding carboxylic acids is 3. The molecule has 3 aromatic carbocycles. The van der Waals surface area contributed by atoms with Gasteiger partial charge in [0, 0.05) is 23.0 Å². The Hall–Kier alpha value is -3.55. The van der Waals surface area contributed by atoms with Gasteiger partial charge in [0.05, 0.1) is 22.3 Å². The molecule has 4 aromatic rings. The first-order chi connectivity index (χ1) is 17.9. The van der Waals surface area contributed by atoms with E-state index in [2.05, 4.69) is 13.0 Å². The van der Waals surface area contributed by atoms with Gasteiger partial charge in [0.15, 0.2) is 0 Å². The molecule has 37 heavy (non-hydrogen) atoms. The molecule has 3 amide bonds. The van der Waals surface area contributed by atoms with Crippen LogP contribution in [0.15, 0.2) is 66.7 Å². The Balaban J connectivity index is 1.26. The third kappa shape index (κ3) is 4.54. The molecular weight excluding hydrogens is 506 g/mol. The third-order valence-electron chi connectivity index (χ3n) is 6.92. The fraction of sp³-hybridized carbons (Fsp3) is 0.241. The summed E-state index contributed by atoms with van der Waals surface area (Å²) in [5.41, 5.74) is 4.30. The normalized spacial score (nSPS) is 17.6. The third-order valence-corrected chi connectivity index (χ3v) is 8.36. The van der Waals surface area contributed by atoms with E-state index in [1.165, 1.54) is 10.5 Å². The Morgan fingerprint density at radius 1 is 1.08 bits per heavy atom. The lowest BCUT2D eigenvalue weighted by molar-refractivity contribution is -0.140. The fourth-order valence-corrected chi connectivity index (χ4v) is 6.02. The number of thiazole rings is 1. The number of hydrogen-bond donors (Lipinski definition) is 0. The smallest absolute Gasteiger partial charge is 0.257 e. The summed E-state index contributed by atoms with van der Waals surface area (Å²) in [6, 6.07) is 19.9. The molecule has 2 fully saturated rings. The molecule has 1 aliphatic carbocycles. The van der Waals surface area contributed by atoms with Crippen LogP contribution in [-0.2, 0) is 20.9 Å². The molecule has 0 radical (unpaired) electrons. The summed E-state index contributed by atoms with van der Waals surface area (Å²) in [4.78, 5) is 47.3. The van der Waals surface area contributed by atoms with Crippen LogP contribution in [-0.4, -0.2) is 33.6 Å². The Bertz CT molecular complexity index is 1540. The second-order valence-corrected chi connectivity index (χ2v) is 11.1. The lowest BCUT2D eigenvalue weighted by atomic mass is 10.1. The Morgan fingerprint density at radius 3 is 2.57 bits per heavy atom. The number of carbonyl (C=O) groups is 3. The minimum absolute atomic E-state index is 0.0410. The molecule has 0 spiro atoms. The molecule has 0 N–H and O–H groups in total. The lowest BCUT2D eigenvalue weighted by Crippen LogP contribution is -2.45. The molecule has 6 rings (SSSR count). The number of hydrogen-bond acceptors (Lipinski definition) is 5. The summed E-state index contributed by atoms with van der Waals surface area (Å²) in [6.07, 6.45) is 1.58. The number of benzene rings is 3. The van der Waals surface area contributed by atoms with E-state index in [0.29, 0.717) is 10.7 Å². The summed E-state index contributed by atoms with van der Waals surface area (Å²) in [6.45, 7) is 2.25. The van der Waals surface area contributed by atoms with E-state index in [0.717, 1.165) is 39.2 Å². The van der Waals surface area contributed by atoms with Gasteiger partial charge >= 0.3 is 0 Å². The Morgan fingerprint density at radius 2 is 1.84 bits per heavy atom. The number of rotatable bonds is 6. The van der Waals surface area contributed by atoms with Crippen LogP contribution in [0.5, 0.6) is 0 Å². The van der Waals surface area contributed by atoms with Crippen molar-refractivity contribution >= 4 is 56.6 Å². The van der Waals surface area contributed by atoms with Gasteiger partial charge in [-0.05, 0) is 73.4 Å². The van der Waals surface area contributed by atoms with Crippen molar-refractivity contribution in [3.05, 3.63) is 82.9 Å². The Kier molecular flexibility index (Phi) is 6.05. The van der Waals surface area contributed by atoms with Crippen LogP contribution >= 0.6 is 22.9 Å². The number of amides is 3. The van der Waals surface area contributed by atoms with Gasteiger partial charge in [-0.2, -0.15) is 0 Å². The predicted molar refractivity (Wildman–Crippen MR) is 145 cm³/mol. The summed E-state index contributed by atoms with van der Waals surface area (Å²) < 4.78 is 1.12. The zero-order valence-corrected chi connectivity index (χ0v) is 21.8. The zero-order valence-electron chi connectivity index (χ0n) is 20.2. The maximum atomic E-state index is 13.6. The van der Waals surface area contributed by atoms with Gasteiger partial charge in [-0.1, -0.05) is 35.9 Å². The molecule has 2 heterocycles. The maximum absolute atomic E-state index is 13.6. The number of anilines is 1. The minimum Gasteiger partial charge on any atom is -0.325 e. The van der Waals surface area contributed by atoms with Gasteiger partial charge in [-0.25, -0.2) is 9.88 Å². The van der Waals surface area contributed by atoms with Gasteiger partial charge in [-0.15, -0.1) is 11.3 Å². The molecular formula is C29H24ClN3O3S. The van der Waals surface area contributed by atoms with Crippen LogP contribution in [0.1, 0.15) is 30.4 Å². The van der Waals surface area contributed by atoms with E-state index in [1.54, 1.807) is 34.4 Å². The monoisotopic (exact) mass is 529 g/mol. The molecule has 1 aliphatic heterocycles. The van der Waals surface area contributed by atoms with E-state index in [-0.39, 0.29) is 36.6 Å². The molecule has 1 aromatic heterocycles. The molecule has 0 bridgehead atoms. The van der Waals surface area contributed by atoms with Crippen LogP contribution in [0.4, 0.5) is 5.69 Å². The van der Waals surface area contributed by atoms with Crippen molar-refractivity contribution < 1.29 is 14.4 Å². The van der Waals surface area contributed by atoms with Gasteiger partial charge in [0.2, 0.25) is 11.8 Å². The summed E-state index contributed by atoms with van der Waals surface area (Å²) in [7, 11) is 0. The van der Waals surface area contributed by atoms with Gasteiger partial charge < -0.3 is 4.90 Å². The van der Waals surface area contributed by atoms with E-state index in [9.17, 15) is 14.4 Å². The molecule has 186 valence electrons. The van der Waals surface area contributed by atoms with Crippen molar-refractivity contribution in [3.8, 4) is 10.6 Å². The molecule has 8 heteroatoms. The molecule has 2 aliphatic rings. The highest BCUT2D eigenvalue weighted by Gasteiger charge is 2.47. The van der Waals surface area contributed by atoms with Crippen molar-refractivity contribution in [2.45, 2.75) is 38.8 Å². The highest BCUT2D eigenvalue weighted by atomic mass is 35.5. The van der Waals surface area contributed by atoms with Crippen LogP contribution in [0.25, 0.3) is 20.8 Å². The van der Waals surface area contributed by atoms with Crippen molar-refractivity contribution in [2.75, 3.05) is 4.90 Å². The van der Waals surface area contributed by atoms with Crippen LogP contribution < -0.4 is 4.90 Å². The second-order valence-electron chi connectivity index (χ2n) is 9.66. The average molecular weight is 530 g/mol. The predicted octanol–water partition coefficient (Wildman–Crippen LogP) is 6.00. The van der Waals surface area contributed by atoms with Gasteiger partial charge in [0.25, 0.3) is 5.91 Å². The number of fused-ring (bicyclic) bond motifs is 1. The van der Waals surface area contributed by atoms with Crippen molar-refractivity contribution in [3.63, 3.8) is 0 Å². The highest BCUT2D eigenvalue weighted by Crippen LogP contribution is 2.36. The van der Waals surface area contributed by atoms with Crippen LogP contribution in [0.3, 0.4) is 0 Å². The van der Waals surface area contributed by atoms with Gasteiger partial charge in [0.1, 0.15) is 11.0 Å². The highest BCUT2D eigenvalue weighted by molar-refractivity contribution is 7.21. The van der Waals surface area contributed by atoms with E-state index in [4.69, 9.17) is 16.6 Å². The van der Waals surface area contributed by atoms with Crippen LogP contribution in [0.2, 0.25) is 5.02 Å². The first kappa shape index (κ1) is 23.8. The summed E-state index contributed by atoms with van der Waals surface area (Å²) in [5, 5.41) is 1.41. The zero-order chi connectivity index (χ0) is 25.7. The molecule has 1 unspecified atom stereocenters. The topological polar surface area (TPSA) is 70.6 Å². The number of nitrogens with zero attached hydrogens (tertiary/aromatic N) is 3. The lowest BCUT2D eigenvalue weighted by Gasteiger charge is -2.28. The molecule has 1 atom stereocenters. The standard InChI is InChI=1S/C29H24ClN3O3S/c1-17-6-13-23-25(14-17)37-27(31-23)18-9-11-21(12-10-18)33-26(34)15-24(29(33)36)32(28(35)19-7-8-19)16-20-4-2-3-5-22(20)30/h2-6,9-14,19,24H,7-8,15-16H2,1H3. The number of aromatic nitrogens is 1.